The fourth-order valence-electron chi connectivity index (χ4n) is 3.03. The number of urea groups is 1. The molecule has 3 amide bonds. The summed E-state index contributed by atoms with van der Waals surface area (Å²) in [5, 5.41) is 5.74. The largest absolute Gasteiger partial charge is 0.327 e. The fourth-order valence-corrected chi connectivity index (χ4v) is 3.03. The van der Waals surface area contributed by atoms with Crippen LogP contribution in [0.4, 0.5) is 16.2 Å². The number of benzene rings is 1. The first-order valence-corrected chi connectivity index (χ1v) is 8.96. The Labute approximate surface area is 150 Å². The number of likely N-dealkylation sites (tertiary alicyclic amines) is 1. The van der Waals surface area contributed by atoms with Crippen molar-refractivity contribution in [2.24, 2.45) is 11.8 Å². The van der Waals surface area contributed by atoms with E-state index in [2.05, 4.69) is 22.6 Å². The van der Waals surface area contributed by atoms with Gasteiger partial charge in [0, 0.05) is 37.4 Å². The van der Waals surface area contributed by atoms with Crippen LogP contribution >= 0.6 is 0 Å². The van der Waals surface area contributed by atoms with Crippen molar-refractivity contribution in [3.05, 3.63) is 24.3 Å². The third kappa shape index (κ3) is 6.05. The second-order valence-corrected chi connectivity index (χ2v) is 7.30. The van der Waals surface area contributed by atoms with E-state index in [-0.39, 0.29) is 17.9 Å². The quantitative estimate of drug-likeness (QED) is 0.861. The van der Waals surface area contributed by atoms with Crippen LogP contribution < -0.4 is 10.6 Å². The highest BCUT2D eigenvalue weighted by molar-refractivity contribution is 5.93. The minimum absolute atomic E-state index is 0.0195. The zero-order chi connectivity index (χ0) is 18.4. The lowest BCUT2D eigenvalue weighted by molar-refractivity contribution is -0.118. The molecule has 1 saturated heterocycles. The molecule has 1 aliphatic rings. The van der Waals surface area contributed by atoms with Gasteiger partial charge >= 0.3 is 6.03 Å². The average molecular weight is 346 g/mol. The van der Waals surface area contributed by atoms with Crippen LogP contribution in [0.2, 0.25) is 0 Å². The van der Waals surface area contributed by atoms with Crippen molar-refractivity contribution < 1.29 is 9.59 Å². The molecule has 0 unspecified atom stereocenters. The molecule has 0 aliphatic carbocycles. The molecule has 1 fully saturated rings. The third-order valence-electron chi connectivity index (χ3n) is 4.53. The summed E-state index contributed by atoms with van der Waals surface area (Å²) < 4.78 is 0. The first kappa shape index (κ1) is 19.2. The zero-order valence-corrected chi connectivity index (χ0v) is 15.7. The maximum atomic E-state index is 12.4. The van der Waals surface area contributed by atoms with Crippen LogP contribution in [0.5, 0.6) is 0 Å². The summed E-state index contributed by atoms with van der Waals surface area (Å²) in [6, 6.07) is 7.09. The Kier molecular flexibility index (Phi) is 6.82. The van der Waals surface area contributed by atoms with Crippen LogP contribution in [0.1, 0.15) is 26.7 Å². The Bertz CT molecular complexity index is 586. The number of hydrogen-bond acceptors (Lipinski definition) is 3. The summed E-state index contributed by atoms with van der Waals surface area (Å²) in [5.74, 6) is 0.448. The Morgan fingerprint density at radius 1 is 1.20 bits per heavy atom. The zero-order valence-electron chi connectivity index (χ0n) is 15.7. The van der Waals surface area contributed by atoms with Crippen molar-refractivity contribution in [1.82, 2.24) is 9.80 Å². The lowest BCUT2D eigenvalue weighted by Crippen LogP contribution is -2.41. The second kappa shape index (κ2) is 8.85. The van der Waals surface area contributed by atoms with Crippen molar-refractivity contribution in [2.75, 3.05) is 44.4 Å². The van der Waals surface area contributed by atoms with Gasteiger partial charge in [0.05, 0.1) is 0 Å². The van der Waals surface area contributed by atoms with Crippen molar-refractivity contribution in [3.8, 4) is 0 Å². The molecule has 6 nitrogen and oxygen atoms in total. The fraction of sp³-hybridized carbons (Fsp3) is 0.579. The van der Waals surface area contributed by atoms with Gasteiger partial charge in [-0.15, -0.1) is 0 Å². The van der Waals surface area contributed by atoms with Crippen LogP contribution in [0.3, 0.4) is 0 Å². The molecule has 0 bridgehead atoms. The number of piperidine rings is 1. The van der Waals surface area contributed by atoms with Gasteiger partial charge < -0.3 is 20.4 Å². The van der Waals surface area contributed by atoms with Gasteiger partial charge in [0.2, 0.25) is 5.91 Å². The monoisotopic (exact) mass is 346 g/mol. The summed E-state index contributed by atoms with van der Waals surface area (Å²) >= 11 is 0. The highest BCUT2D eigenvalue weighted by atomic mass is 16.2. The molecule has 1 atom stereocenters. The summed E-state index contributed by atoms with van der Waals surface area (Å²) in [7, 11) is 3.97. The van der Waals surface area contributed by atoms with E-state index in [1.54, 1.807) is 29.2 Å². The van der Waals surface area contributed by atoms with Crippen LogP contribution in [-0.4, -0.2) is 55.5 Å². The van der Waals surface area contributed by atoms with E-state index in [0.717, 1.165) is 31.0 Å². The van der Waals surface area contributed by atoms with E-state index in [1.165, 1.54) is 12.8 Å². The molecule has 0 saturated carbocycles. The molecule has 1 aromatic rings. The standard InChI is InChI=1S/C19H30N4O2/c1-14(2)18(24)20-16-7-9-17(10-8-16)21-19(25)23(4)13-15-6-5-11-22(3)12-15/h7-10,14-15H,5-6,11-13H2,1-4H3,(H,20,24)(H,21,25)/t15-/m0/s1. The predicted molar refractivity (Wildman–Crippen MR) is 102 cm³/mol. The first-order valence-electron chi connectivity index (χ1n) is 8.96. The minimum Gasteiger partial charge on any atom is -0.327 e. The van der Waals surface area contributed by atoms with Crippen molar-refractivity contribution in [3.63, 3.8) is 0 Å². The molecule has 138 valence electrons. The van der Waals surface area contributed by atoms with Crippen molar-refractivity contribution >= 4 is 23.3 Å². The van der Waals surface area contributed by atoms with Crippen molar-refractivity contribution in [2.45, 2.75) is 26.7 Å². The molecule has 1 aromatic carbocycles. The van der Waals surface area contributed by atoms with Gasteiger partial charge in [0.1, 0.15) is 0 Å². The van der Waals surface area contributed by atoms with Crippen LogP contribution in [0.15, 0.2) is 24.3 Å². The van der Waals surface area contributed by atoms with E-state index in [9.17, 15) is 9.59 Å². The molecule has 25 heavy (non-hydrogen) atoms. The summed E-state index contributed by atoms with van der Waals surface area (Å²) in [6.45, 7) is 6.65. The van der Waals surface area contributed by atoms with E-state index >= 15 is 0 Å². The van der Waals surface area contributed by atoms with E-state index < -0.39 is 0 Å². The molecular weight excluding hydrogens is 316 g/mol. The molecule has 1 heterocycles. The first-order chi connectivity index (χ1) is 11.8. The number of nitrogens with zero attached hydrogens (tertiary/aromatic N) is 2. The number of nitrogens with one attached hydrogen (secondary N) is 2. The van der Waals surface area contributed by atoms with Crippen molar-refractivity contribution in [1.29, 1.82) is 0 Å². The third-order valence-corrected chi connectivity index (χ3v) is 4.53. The molecule has 6 heteroatoms. The number of anilines is 2. The van der Waals surface area contributed by atoms with Gasteiger partial charge in [-0.3, -0.25) is 4.79 Å². The van der Waals surface area contributed by atoms with E-state index in [0.29, 0.717) is 5.92 Å². The Morgan fingerprint density at radius 2 is 1.80 bits per heavy atom. The molecular formula is C19H30N4O2. The number of amides is 3. The minimum atomic E-state index is -0.104. The number of hydrogen-bond donors (Lipinski definition) is 2. The summed E-state index contributed by atoms with van der Waals surface area (Å²) in [4.78, 5) is 28.1. The van der Waals surface area contributed by atoms with Gasteiger partial charge in [-0.1, -0.05) is 13.8 Å². The van der Waals surface area contributed by atoms with Gasteiger partial charge in [0.25, 0.3) is 0 Å². The maximum absolute atomic E-state index is 12.4. The predicted octanol–water partition coefficient (Wildman–Crippen LogP) is 3.09. The molecule has 2 N–H and O–H groups in total. The maximum Gasteiger partial charge on any atom is 0.321 e. The van der Waals surface area contributed by atoms with Gasteiger partial charge in [0.15, 0.2) is 0 Å². The molecule has 0 aromatic heterocycles. The van der Waals surface area contributed by atoms with Crippen LogP contribution in [0, 0.1) is 11.8 Å². The molecule has 0 radical (unpaired) electrons. The molecule has 1 aliphatic heterocycles. The summed E-state index contributed by atoms with van der Waals surface area (Å²) in [5.41, 5.74) is 1.45. The normalized spacial score (nSPS) is 18.0. The Hall–Kier alpha value is -2.08. The molecule has 0 spiro atoms. The molecule has 2 rings (SSSR count). The average Bonchev–Trinajstić information content (AvgIpc) is 2.56. The lowest BCUT2D eigenvalue weighted by Gasteiger charge is -2.32. The van der Waals surface area contributed by atoms with Gasteiger partial charge in [-0.25, -0.2) is 4.79 Å². The SMILES string of the molecule is CC(C)C(=O)Nc1ccc(NC(=O)N(C)C[C@H]2CCCN(C)C2)cc1. The number of rotatable bonds is 5. The smallest absolute Gasteiger partial charge is 0.321 e. The van der Waals surface area contributed by atoms with E-state index in [1.807, 2.05) is 20.9 Å². The lowest BCUT2D eigenvalue weighted by atomic mass is 9.98. The van der Waals surface area contributed by atoms with Gasteiger partial charge in [-0.05, 0) is 56.6 Å². The van der Waals surface area contributed by atoms with E-state index in [4.69, 9.17) is 0 Å². The van der Waals surface area contributed by atoms with Crippen LogP contribution in [0.25, 0.3) is 0 Å². The second-order valence-electron chi connectivity index (χ2n) is 7.30. The summed E-state index contributed by atoms with van der Waals surface area (Å²) in [6.07, 6.45) is 2.37. The number of carbonyl (C=O) groups excluding carboxylic acids is 2. The number of carbonyl (C=O) groups is 2. The highest BCUT2D eigenvalue weighted by Gasteiger charge is 2.20. The Balaban J connectivity index is 1.84. The highest BCUT2D eigenvalue weighted by Crippen LogP contribution is 2.17. The Morgan fingerprint density at radius 3 is 2.36 bits per heavy atom. The van der Waals surface area contributed by atoms with Gasteiger partial charge in [-0.2, -0.15) is 0 Å². The topological polar surface area (TPSA) is 64.7 Å². The van der Waals surface area contributed by atoms with Crippen LogP contribution in [-0.2, 0) is 4.79 Å².